The molecule has 1 aromatic heterocycles. The van der Waals surface area contributed by atoms with E-state index in [9.17, 15) is 9.90 Å². The van der Waals surface area contributed by atoms with Crippen molar-refractivity contribution in [3.63, 3.8) is 0 Å². The molecule has 0 radical (unpaired) electrons. The van der Waals surface area contributed by atoms with Crippen LogP contribution in [0.25, 0.3) is 0 Å². The summed E-state index contributed by atoms with van der Waals surface area (Å²) in [7, 11) is 0. The van der Waals surface area contributed by atoms with Gasteiger partial charge >= 0.3 is 0 Å². The molecule has 2 heterocycles. The lowest BCUT2D eigenvalue weighted by Crippen LogP contribution is -2.36. The topological polar surface area (TPSA) is 65.5 Å². The molecule has 0 aromatic carbocycles. The average Bonchev–Trinajstić information content (AvgIpc) is 3.05. The average molecular weight is 291 g/mol. The molecule has 0 aliphatic carbocycles. The SMILES string of the molecule is CCC(C)C(O)CNC(=O)c1cccnc1N1CCCC1. The Morgan fingerprint density at radius 2 is 2.19 bits per heavy atom. The van der Waals surface area contributed by atoms with Crippen molar-refractivity contribution in [3.05, 3.63) is 23.9 Å². The molecular formula is C16H25N3O2. The van der Waals surface area contributed by atoms with E-state index in [0.717, 1.165) is 38.2 Å². The van der Waals surface area contributed by atoms with Crippen molar-refractivity contribution in [3.8, 4) is 0 Å². The third-order valence-electron chi connectivity index (χ3n) is 4.21. The second kappa shape index (κ2) is 7.41. The number of aliphatic hydroxyl groups excluding tert-OH is 1. The lowest BCUT2D eigenvalue weighted by Gasteiger charge is -2.21. The highest BCUT2D eigenvalue weighted by atomic mass is 16.3. The quantitative estimate of drug-likeness (QED) is 0.839. The monoisotopic (exact) mass is 291 g/mol. The highest BCUT2D eigenvalue weighted by Crippen LogP contribution is 2.21. The fourth-order valence-electron chi connectivity index (χ4n) is 2.52. The maximum atomic E-state index is 12.3. The second-order valence-corrected chi connectivity index (χ2v) is 5.73. The van der Waals surface area contributed by atoms with Crippen molar-refractivity contribution >= 4 is 11.7 Å². The second-order valence-electron chi connectivity index (χ2n) is 5.73. The van der Waals surface area contributed by atoms with Crippen molar-refractivity contribution < 1.29 is 9.90 Å². The first-order valence-electron chi connectivity index (χ1n) is 7.79. The summed E-state index contributed by atoms with van der Waals surface area (Å²) in [6, 6.07) is 3.57. The zero-order valence-electron chi connectivity index (χ0n) is 12.9. The van der Waals surface area contributed by atoms with Crippen LogP contribution >= 0.6 is 0 Å². The number of aliphatic hydroxyl groups is 1. The summed E-state index contributed by atoms with van der Waals surface area (Å²) in [5, 5.41) is 12.8. The van der Waals surface area contributed by atoms with Gasteiger partial charge in [-0.1, -0.05) is 20.3 Å². The van der Waals surface area contributed by atoms with Crippen molar-refractivity contribution in [1.82, 2.24) is 10.3 Å². The molecule has 0 bridgehead atoms. The summed E-state index contributed by atoms with van der Waals surface area (Å²) in [5.41, 5.74) is 0.593. The van der Waals surface area contributed by atoms with Gasteiger partial charge in [0, 0.05) is 25.8 Å². The molecule has 1 saturated heterocycles. The van der Waals surface area contributed by atoms with Crippen molar-refractivity contribution in [1.29, 1.82) is 0 Å². The van der Waals surface area contributed by atoms with Crippen LogP contribution in [0.1, 0.15) is 43.5 Å². The summed E-state index contributed by atoms with van der Waals surface area (Å²) in [6.45, 7) is 6.20. The van der Waals surface area contributed by atoms with Crippen LogP contribution in [0.3, 0.4) is 0 Å². The minimum absolute atomic E-state index is 0.160. The number of pyridine rings is 1. The van der Waals surface area contributed by atoms with Crippen LogP contribution in [0.5, 0.6) is 0 Å². The molecule has 2 unspecified atom stereocenters. The zero-order chi connectivity index (χ0) is 15.2. The molecule has 2 atom stereocenters. The van der Waals surface area contributed by atoms with E-state index in [1.54, 1.807) is 18.3 Å². The van der Waals surface area contributed by atoms with Gasteiger partial charge in [-0.05, 0) is 30.9 Å². The number of nitrogens with zero attached hydrogens (tertiary/aromatic N) is 2. The van der Waals surface area contributed by atoms with Gasteiger partial charge in [-0.15, -0.1) is 0 Å². The Morgan fingerprint density at radius 3 is 2.86 bits per heavy atom. The third-order valence-corrected chi connectivity index (χ3v) is 4.21. The number of aromatic nitrogens is 1. The molecule has 21 heavy (non-hydrogen) atoms. The van der Waals surface area contributed by atoms with Crippen LogP contribution in [-0.4, -0.2) is 41.7 Å². The predicted molar refractivity (Wildman–Crippen MR) is 83.5 cm³/mol. The molecule has 5 heteroatoms. The van der Waals surface area contributed by atoms with E-state index in [-0.39, 0.29) is 18.4 Å². The van der Waals surface area contributed by atoms with Crippen molar-refractivity contribution in [2.24, 2.45) is 5.92 Å². The molecule has 2 N–H and O–H groups in total. The normalized spacial score (nSPS) is 17.6. The van der Waals surface area contributed by atoms with E-state index in [2.05, 4.69) is 15.2 Å². The molecule has 116 valence electrons. The lowest BCUT2D eigenvalue weighted by molar-refractivity contribution is 0.0850. The Kier molecular flexibility index (Phi) is 5.56. The largest absolute Gasteiger partial charge is 0.391 e. The van der Waals surface area contributed by atoms with Crippen LogP contribution in [0, 0.1) is 5.92 Å². The Hall–Kier alpha value is -1.62. The van der Waals surface area contributed by atoms with Crippen molar-refractivity contribution in [2.75, 3.05) is 24.5 Å². The third kappa shape index (κ3) is 3.94. The summed E-state index contributed by atoms with van der Waals surface area (Å²) >= 11 is 0. The van der Waals surface area contributed by atoms with Crippen LogP contribution < -0.4 is 10.2 Å². The first kappa shape index (κ1) is 15.8. The highest BCUT2D eigenvalue weighted by Gasteiger charge is 2.21. The standard InChI is InChI=1S/C16H25N3O2/c1-3-12(2)14(20)11-18-16(21)13-7-6-8-17-15(13)19-9-4-5-10-19/h6-8,12,14,20H,3-5,9-11H2,1-2H3,(H,18,21). The molecule has 5 nitrogen and oxygen atoms in total. The zero-order valence-corrected chi connectivity index (χ0v) is 12.9. The molecule has 0 spiro atoms. The molecule has 1 fully saturated rings. The van der Waals surface area contributed by atoms with Gasteiger partial charge in [0.2, 0.25) is 0 Å². The van der Waals surface area contributed by atoms with Crippen LogP contribution in [0.15, 0.2) is 18.3 Å². The van der Waals surface area contributed by atoms with Crippen molar-refractivity contribution in [2.45, 2.75) is 39.2 Å². The Labute approximate surface area is 126 Å². The molecule has 1 aliphatic heterocycles. The number of hydrogen-bond acceptors (Lipinski definition) is 4. The number of carbonyl (C=O) groups is 1. The van der Waals surface area contributed by atoms with E-state index in [1.807, 2.05) is 13.8 Å². The fraction of sp³-hybridized carbons (Fsp3) is 0.625. The lowest BCUT2D eigenvalue weighted by atomic mass is 10.0. The maximum absolute atomic E-state index is 12.3. The van der Waals surface area contributed by atoms with E-state index >= 15 is 0 Å². The number of anilines is 1. The number of rotatable bonds is 6. The Morgan fingerprint density at radius 1 is 1.48 bits per heavy atom. The summed E-state index contributed by atoms with van der Waals surface area (Å²) in [5.74, 6) is 0.773. The minimum atomic E-state index is -0.508. The Bertz CT molecular complexity index is 472. The van der Waals surface area contributed by atoms with Gasteiger partial charge in [-0.25, -0.2) is 4.98 Å². The fourth-order valence-corrected chi connectivity index (χ4v) is 2.52. The van der Waals surface area contributed by atoms with E-state index in [4.69, 9.17) is 0 Å². The van der Waals surface area contributed by atoms with Gasteiger partial charge in [-0.2, -0.15) is 0 Å². The molecule has 2 rings (SSSR count). The van der Waals surface area contributed by atoms with E-state index in [0.29, 0.717) is 5.56 Å². The molecule has 1 aromatic rings. The summed E-state index contributed by atoms with van der Waals surface area (Å²) < 4.78 is 0. The minimum Gasteiger partial charge on any atom is -0.391 e. The van der Waals surface area contributed by atoms with E-state index in [1.165, 1.54) is 0 Å². The van der Waals surface area contributed by atoms with Crippen LogP contribution in [-0.2, 0) is 0 Å². The van der Waals surface area contributed by atoms with Gasteiger partial charge in [0.15, 0.2) is 0 Å². The predicted octanol–water partition coefficient (Wildman–Crippen LogP) is 1.82. The van der Waals surface area contributed by atoms with Gasteiger partial charge in [0.25, 0.3) is 5.91 Å². The smallest absolute Gasteiger partial charge is 0.255 e. The van der Waals surface area contributed by atoms with Crippen LogP contribution in [0.2, 0.25) is 0 Å². The summed E-state index contributed by atoms with van der Waals surface area (Å²) in [6.07, 6.45) is 4.39. The Balaban J connectivity index is 2.02. The number of nitrogens with one attached hydrogen (secondary N) is 1. The molecule has 1 aliphatic rings. The number of hydrogen-bond donors (Lipinski definition) is 2. The first-order valence-corrected chi connectivity index (χ1v) is 7.79. The molecule has 1 amide bonds. The highest BCUT2D eigenvalue weighted by molar-refractivity contribution is 5.98. The van der Waals surface area contributed by atoms with Crippen LogP contribution in [0.4, 0.5) is 5.82 Å². The summed E-state index contributed by atoms with van der Waals surface area (Å²) in [4.78, 5) is 18.9. The first-order chi connectivity index (χ1) is 10.1. The van der Waals surface area contributed by atoms with E-state index < -0.39 is 6.10 Å². The maximum Gasteiger partial charge on any atom is 0.255 e. The van der Waals surface area contributed by atoms with Gasteiger partial charge in [0.05, 0.1) is 11.7 Å². The van der Waals surface area contributed by atoms with Gasteiger partial charge in [-0.3, -0.25) is 4.79 Å². The molecular weight excluding hydrogens is 266 g/mol. The van der Waals surface area contributed by atoms with Gasteiger partial charge < -0.3 is 15.3 Å². The van der Waals surface area contributed by atoms with Gasteiger partial charge in [0.1, 0.15) is 5.82 Å². The number of amides is 1. The molecule has 0 saturated carbocycles. The number of carbonyl (C=O) groups excluding carboxylic acids is 1.